The minimum atomic E-state index is -0.699. The van der Waals surface area contributed by atoms with Crippen LogP contribution in [-0.2, 0) is 18.8 Å². The quantitative estimate of drug-likeness (QED) is 0.258. The molecule has 0 heterocycles. The second-order valence-electron chi connectivity index (χ2n) is 8.26. The molecule has 1 aromatic rings. The Morgan fingerprint density at radius 2 is 1.25 bits per heavy atom. The van der Waals surface area contributed by atoms with Gasteiger partial charge in [-0.05, 0) is 57.7 Å². The minimum absolute atomic E-state index is 0.0856. The summed E-state index contributed by atoms with van der Waals surface area (Å²) < 4.78 is 15.5. The number of hydrogen-bond acceptors (Lipinski definition) is 8. The lowest BCUT2D eigenvalue weighted by molar-refractivity contribution is -0.777. The molecule has 1 aromatic carbocycles. The zero-order valence-electron chi connectivity index (χ0n) is 17.7. The van der Waals surface area contributed by atoms with Crippen LogP contribution in [0, 0.1) is 11.8 Å². The topological polar surface area (TPSA) is 94.1 Å². The van der Waals surface area contributed by atoms with Crippen LogP contribution < -0.4 is 5.26 Å². The maximum absolute atomic E-state index is 12.6. The van der Waals surface area contributed by atoms with Crippen molar-refractivity contribution in [2.45, 2.75) is 71.5 Å². The van der Waals surface area contributed by atoms with Crippen LogP contribution in [0.4, 0.5) is 0 Å². The number of carbonyl (C=O) groups is 2. The molecule has 28 heavy (non-hydrogen) atoms. The molecular weight excluding hydrogens is 384 g/mol. The van der Waals surface area contributed by atoms with Gasteiger partial charge >= 0.3 is 11.9 Å². The molecule has 0 N–H and O–H groups in total. The van der Waals surface area contributed by atoms with Crippen LogP contribution in [-0.4, -0.2) is 23.1 Å². The molecule has 8 heteroatoms. The van der Waals surface area contributed by atoms with Crippen LogP contribution in [0.2, 0.25) is 0 Å². The Balaban J connectivity index is 3.22. The van der Waals surface area contributed by atoms with Crippen LogP contribution in [0.25, 0.3) is 0 Å². The Kier molecular flexibility index (Phi) is 8.49. The highest BCUT2D eigenvalue weighted by atomic mass is 32.2. The third-order valence-corrected chi connectivity index (χ3v) is 5.58. The molecular formula is C20H29O7S-. The maximum Gasteiger partial charge on any atom is 0.338 e. The molecule has 0 aliphatic heterocycles. The van der Waals surface area contributed by atoms with Crippen LogP contribution in [0.15, 0.2) is 23.1 Å². The minimum Gasteiger partial charge on any atom is -0.691 e. The van der Waals surface area contributed by atoms with Crippen molar-refractivity contribution < 1.29 is 33.7 Å². The molecule has 0 fully saturated rings. The largest absolute Gasteiger partial charge is 0.691 e. The Labute approximate surface area is 170 Å². The predicted octanol–water partition coefficient (Wildman–Crippen LogP) is 4.10. The molecule has 0 amide bonds. The summed E-state index contributed by atoms with van der Waals surface area (Å²) in [5.74, 6) is -1.02. The lowest BCUT2D eigenvalue weighted by atomic mass is 9.94. The fourth-order valence-electron chi connectivity index (χ4n) is 1.77. The normalized spacial score (nSPS) is 12.4. The third-order valence-electron chi connectivity index (χ3n) is 5.03. The Morgan fingerprint density at radius 3 is 1.57 bits per heavy atom. The van der Waals surface area contributed by atoms with E-state index in [0.717, 1.165) is 0 Å². The Morgan fingerprint density at radius 1 is 0.857 bits per heavy atom. The summed E-state index contributed by atoms with van der Waals surface area (Å²) in [7, 11) is 0. The molecule has 0 saturated carbocycles. The zero-order valence-corrected chi connectivity index (χ0v) is 18.5. The van der Waals surface area contributed by atoms with Crippen LogP contribution in [0.5, 0.6) is 0 Å². The van der Waals surface area contributed by atoms with E-state index in [0.29, 0.717) is 16.9 Å². The van der Waals surface area contributed by atoms with Gasteiger partial charge in [0.1, 0.15) is 11.2 Å². The van der Waals surface area contributed by atoms with E-state index in [2.05, 4.69) is 9.37 Å². The van der Waals surface area contributed by atoms with E-state index in [1.54, 1.807) is 0 Å². The molecule has 0 unspecified atom stereocenters. The van der Waals surface area contributed by atoms with Gasteiger partial charge in [-0.1, -0.05) is 27.7 Å². The van der Waals surface area contributed by atoms with Crippen molar-refractivity contribution in [1.82, 2.24) is 0 Å². The van der Waals surface area contributed by atoms with Crippen molar-refractivity contribution in [3.05, 3.63) is 29.3 Å². The summed E-state index contributed by atoms with van der Waals surface area (Å²) in [4.78, 5) is 25.6. The standard InChI is InChI=1S/C20H30O7S/c1-12(2)19(5,6)24-17(21)14-9-15(11-16(10-14)28-27-26-23)18(22)25-20(7,8)13(3)4/h9-13,23H,1-8H3/p-1. The summed E-state index contributed by atoms with van der Waals surface area (Å²) >= 11 is 0.582. The maximum atomic E-state index is 12.6. The van der Waals surface area contributed by atoms with Gasteiger partial charge in [0.25, 0.3) is 0 Å². The molecule has 0 spiro atoms. The molecule has 0 bridgehead atoms. The first kappa shape index (κ1) is 24.4. The first-order chi connectivity index (χ1) is 12.8. The van der Waals surface area contributed by atoms with E-state index in [-0.39, 0.29) is 23.0 Å². The predicted molar refractivity (Wildman–Crippen MR) is 103 cm³/mol. The van der Waals surface area contributed by atoms with Crippen molar-refractivity contribution in [2.24, 2.45) is 11.8 Å². The van der Waals surface area contributed by atoms with Gasteiger partial charge in [-0.25, -0.2) is 9.59 Å². The molecule has 0 aliphatic rings. The molecule has 1 rings (SSSR count). The lowest BCUT2D eigenvalue weighted by Crippen LogP contribution is -2.34. The fourth-order valence-corrected chi connectivity index (χ4v) is 2.22. The molecule has 0 radical (unpaired) electrons. The average Bonchev–Trinajstić information content (AvgIpc) is 2.58. The molecule has 0 atom stereocenters. The van der Waals surface area contributed by atoms with E-state index < -0.39 is 23.1 Å². The van der Waals surface area contributed by atoms with E-state index in [9.17, 15) is 14.8 Å². The monoisotopic (exact) mass is 413 g/mol. The summed E-state index contributed by atoms with van der Waals surface area (Å²) in [6.07, 6.45) is 0. The van der Waals surface area contributed by atoms with E-state index in [1.807, 2.05) is 55.4 Å². The van der Waals surface area contributed by atoms with Crippen LogP contribution in [0.1, 0.15) is 76.1 Å². The highest BCUT2D eigenvalue weighted by molar-refractivity contribution is 7.94. The van der Waals surface area contributed by atoms with Crippen molar-refractivity contribution in [2.75, 3.05) is 0 Å². The molecule has 7 nitrogen and oxygen atoms in total. The Hall–Kier alpha value is -1.61. The van der Waals surface area contributed by atoms with E-state index in [1.165, 1.54) is 18.2 Å². The summed E-state index contributed by atoms with van der Waals surface area (Å²) in [6.45, 7) is 15.0. The number of rotatable bonds is 9. The van der Waals surface area contributed by atoms with Gasteiger partial charge in [0, 0.05) is 4.90 Å². The fraction of sp³-hybridized carbons (Fsp3) is 0.600. The van der Waals surface area contributed by atoms with Gasteiger partial charge in [-0.2, -0.15) is 4.33 Å². The smallest absolute Gasteiger partial charge is 0.338 e. The first-order valence-electron chi connectivity index (χ1n) is 9.05. The number of benzene rings is 1. The molecule has 0 aliphatic carbocycles. The third kappa shape index (κ3) is 6.77. The second kappa shape index (κ2) is 9.73. The van der Waals surface area contributed by atoms with Gasteiger partial charge < -0.3 is 14.7 Å². The molecule has 158 valence electrons. The summed E-state index contributed by atoms with van der Waals surface area (Å²) in [5.41, 5.74) is -1.12. The highest BCUT2D eigenvalue weighted by Crippen LogP contribution is 2.28. The Bertz CT molecular complexity index is 644. The van der Waals surface area contributed by atoms with Gasteiger partial charge in [0.05, 0.1) is 23.2 Å². The molecule has 0 saturated heterocycles. The van der Waals surface area contributed by atoms with Gasteiger partial charge in [-0.3, -0.25) is 5.04 Å². The van der Waals surface area contributed by atoms with Crippen LogP contribution in [0.3, 0.4) is 0 Å². The van der Waals surface area contributed by atoms with Crippen LogP contribution >= 0.6 is 12.0 Å². The number of hydrogen-bond donors (Lipinski definition) is 0. The summed E-state index contributed by atoms with van der Waals surface area (Å²) in [6, 6.07) is 4.30. The van der Waals surface area contributed by atoms with Gasteiger partial charge in [0.15, 0.2) is 0 Å². The van der Waals surface area contributed by atoms with Gasteiger partial charge in [0.2, 0.25) is 0 Å². The number of carbonyl (C=O) groups excluding carboxylic acids is 2. The SMILES string of the molecule is CC(C)C(C)(C)OC(=O)c1cc(SOO[O-])cc(C(=O)OC(C)(C)C(C)C)c1. The first-order valence-corrected chi connectivity index (χ1v) is 9.79. The average molecular weight is 414 g/mol. The van der Waals surface area contributed by atoms with Crippen molar-refractivity contribution in [1.29, 1.82) is 0 Å². The second-order valence-corrected chi connectivity index (χ2v) is 9.03. The van der Waals surface area contributed by atoms with Crippen molar-refractivity contribution in [3.63, 3.8) is 0 Å². The zero-order chi connectivity index (χ0) is 21.7. The van der Waals surface area contributed by atoms with Crippen molar-refractivity contribution >= 4 is 24.0 Å². The number of ether oxygens (including phenoxy) is 2. The number of esters is 2. The lowest BCUT2D eigenvalue weighted by Gasteiger charge is -2.30. The molecule has 0 aromatic heterocycles. The summed E-state index contributed by atoms with van der Waals surface area (Å²) in [5, 5.41) is 13.5. The van der Waals surface area contributed by atoms with Gasteiger partial charge in [-0.15, -0.1) is 0 Å². The van der Waals surface area contributed by atoms with Crippen molar-refractivity contribution in [3.8, 4) is 0 Å². The van der Waals surface area contributed by atoms with E-state index in [4.69, 9.17) is 9.47 Å². The van der Waals surface area contributed by atoms with E-state index >= 15 is 0 Å². The highest BCUT2D eigenvalue weighted by Gasteiger charge is 2.30.